The van der Waals surface area contributed by atoms with Crippen LogP contribution < -0.4 is 0 Å². The van der Waals surface area contributed by atoms with Crippen molar-refractivity contribution in [2.24, 2.45) is 0 Å². The molecule has 0 saturated heterocycles. The molecule has 0 aliphatic rings. The van der Waals surface area contributed by atoms with Crippen LogP contribution in [0.5, 0.6) is 0 Å². The first-order valence-corrected chi connectivity index (χ1v) is 6.82. The molecule has 0 saturated carbocycles. The number of rotatable bonds is 4. The van der Waals surface area contributed by atoms with Crippen LogP contribution in [0.25, 0.3) is 0 Å². The number of hydrogen-bond acceptors (Lipinski definition) is 7. The molecule has 2 aromatic rings. The first-order valence-electron chi connectivity index (χ1n) is 4.31. The highest BCUT2D eigenvalue weighted by Crippen LogP contribution is 2.32. The summed E-state index contributed by atoms with van der Waals surface area (Å²) in [6.07, 6.45) is 0.578. The van der Waals surface area contributed by atoms with Crippen molar-refractivity contribution in [1.82, 2.24) is 15.2 Å². The Morgan fingerprint density at radius 3 is 2.93 bits per heavy atom. The van der Waals surface area contributed by atoms with Crippen molar-refractivity contribution in [2.45, 2.75) is 22.0 Å². The van der Waals surface area contributed by atoms with Crippen LogP contribution in [0, 0.1) is 6.92 Å². The Kier molecular flexibility index (Phi) is 3.68. The summed E-state index contributed by atoms with van der Waals surface area (Å²) in [6, 6.07) is 0. The van der Waals surface area contributed by atoms with E-state index in [0.717, 1.165) is 19.4 Å². The molecule has 1 N–H and O–H groups in total. The van der Waals surface area contributed by atoms with Gasteiger partial charge in [-0.15, -0.1) is 21.5 Å². The molecule has 0 spiro atoms. The van der Waals surface area contributed by atoms with Crippen LogP contribution in [0.1, 0.15) is 10.7 Å². The fourth-order valence-corrected chi connectivity index (χ4v) is 3.85. The maximum absolute atomic E-state index is 8.74. The molecule has 2 aromatic heterocycles. The van der Waals surface area contributed by atoms with E-state index >= 15 is 0 Å². The molecule has 0 unspecified atom stereocenters. The molecule has 15 heavy (non-hydrogen) atoms. The maximum atomic E-state index is 8.74. The number of thiazole rings is 1. The van der Waals surface area contributed by atoms with Gasteiger partial charge in [-0.1, -0.05) is 11.3 Å². The van der Waals surface area contributed by atoms with Gasteiger partial charge < -0.3 is 5.11 Å². The fraction of sp³-hybridized carbons (Fsp3) is 0.375. The largest absolute Gasteiger partial charge is 0.396 e. The van der Waals surface area contributed by atoms with Crippen molar-refractivity contribution >= 4 is 34.4 Å². The second kappa shape index (κ2) is 5.02. The van der Waals surface area contributed by atoms with Crippen molar-refractivity contribution in [3.8, 4) is 0 Å². The predicted molar refractivity (Wildman–Crippen MR) is 61.7 cm³/mol. The zero-order valence-electron chi connectivity index (χ0n) is 8.01. The SMILES string of the molecule is Cc1csc(Sc2nnc(CCO)s2)n1. The standard InChI is InChI=1S/C8H9N3OS3/c1-5-4-13-7(9-5)15-8-11-10-6(14-8)2-3-12/h4,12H,2-3H2,1H3. The summed E-state index contributed by atoms with van der Waals surface area (Å²) in [5, 5.41) is 19.6. The Hall–Kier alpha value is -0.500. The van der Waals surface area contributed by atoms with Crippen LogP contribution in [0.3, 0.4) is 0 Å². The number of aliphatic hydroxyl groups is 1. The molecule has 0 aliphatic heterocycles. The van der Waals surface area contributed by atoms with Gasteiger partial charge in [-0.05, 0) is 18.7 Å². The smallest absolute Gasteiger partial charge is 0.181 e. The van der Waals surface area contributed by atoms with Gasteiger partial charge in [0.15, 0.2) is 8.68 Å². The minimum Gasteiger partial charge on any atom is -0.396 e. The van der Waals surface area contributed by atoms with Gasteiger partial charge in [0.05, 0.1) is 0 Å². The Bertz CT molecular complexity index is 440. The average molecular weight is 259 g/mol. The quantitative estimate of drug-likeness (QED) is 0.910. The molecule has 0 aromatic carbocycles. The lowest BCUT2D eigenvalue weighted by Crippen LogP contribution is -1.88. The molecule has 0 aliphatic carbocycles. The molecule has 2 rings (SSSR count). The Morgan fingerprint density at radius 1 is 1.40 bits per heavy atom. The van der Waals surface area contributed by atoms with E-state index < -0.39 is 0 Å². The average Bonchev–Trinajstić information content (AvgIpc) is 2.78. The first kappa shape index (κ1) is 11.0. The van der Waals surface area contributed by atoms with Crippen LogP contribution in [0.15, 0.2) is 14.1 Å². The zero-order chi connectivity index (χ0) is 10.7. The molecule has 80 valence electrons. The van der Waals surface area contributed by atoms with Gasteiger partial charge >= 0.3 is 0 Å². The molecule has 0 fully saturated rings. The first-order chi connectivity index (χ1) is 7.28. The topological polar surface area (TPSA) is 58.9 Å². The number of nitrogens with zero attached hydrogens (tertiary/aromatic N) is 3. The summed E-state index contributed by atoms with van der Waals surface area (Å²) in [7, 11) is 0. The van der Waals surface area contributed by atoms with Gasteiger partial charge in [-0.3, -0.25) is 0 Å². The normalized spacial score (nSPS) is 10.8. The lowest BCUT2D eigenvalue weighted by Gasteiger charge is -1.87. The summed E-state index contributed by atoms with van der Waals surface area (Å²) in [5.74, 6) is 0. The fourth-order valence-electron chi connectivity index (χ4n) is 0.930. The van der Waals surface area contributed by atoms with E-state index in [-0.39, 0.29) is 6.61 Å². The van der Waals surface area contributed by atoms with Gasteiger partial charge in [-0.2, -0.15) is 0 Å². The molecule has 0 radical (unpaired) electrons. The van der Waals surface area contributed by atoms with E-state index in [2.05, 4.69) is 15.2 Å². The lowest BCUT2D eigenvalue weighted by atomic mass is 10.5. The predicted octanol–water partition coefficient (Wildman–Crippen LogP) is 1.99. The van der Waals surface area contributed by atoms with Crippen LogP contribution in [-0.2, 0) is 6.42 Å². The van der Waals surface area contributed by atoms with Crippen LogP contribution in [0.4, 0.5) is 0 Å². The molecular formula is C8H9N3OS3. The molecular weight excluding hydrogens is 250 g/mol. The van der Waals surface area contributed by atoms with Gasteiger partial charge in [0.2, 0.25) is 0 Å². The van der Waals surface area contributed by atoms with Gasteiger partial charge in [-0.25, -0.2) is 4.98 Å². The van der Waals surface area contributed by atoms with Crippen molar-refractivity contribution < 1.29 is 5.11 Å². The molecule has 0 atom stereocenters. The minimum absolute atomic E-state index is 0.121. The Balaban J connectivity index is 2.04. The maximum Gasteiger partial charge on any atom is 0.181 e. The van der Waals surface area contributed by atoms with E-state index in [1.807, 2.05) is 12.3 Å². The molecule has 2 heterocycles. The summed E-state index contributed by atoms with van der Waals surface area (Å²) in [4.78, 5) is 4.33. The van der Waals surface area contributed by atoms with Crippen molar-refractivity contribution in [3.05, 3.63) is 16.1 Å². The molecule has 0 amide bonds. The van der Waals surface area contributed by atoms with Gasteiger partial charge in [0.25, 0.3) is 0 Å². The van der Waals surface area contributed by atoms with E-state index in [1.54, 1.807) is 11.3 Å². The van der Waals surface area contributed by atoms with Crippen LogP contribution in [-0.4, -0.2) is 26.9 Å². The van der Waals surface area contributed by atoms with Crippen molar-refractivity contribution in [2.75, 3.05) is 6.61 Å². The number of aromatic nitrogens is 3. The summed E-state index contributed by atoms with van der Waals surface area (Å²) < 4.78 is 1.87. The van der Waals surface area contributed by atoms with Gasteiger partial charge in [0, 0.05) is 24.1 Å². The van der Waals surface area contributed by atoms with Gasteiger partial charge in [0.1, 0.15) is 5.01 Å². The molecule has 0 bridgehead atoms. The van der Waals surface area contributed by atoms with E-state index in [1.165, 1.54) is 23.1 Å². The summed E-state index contributed by atoms with van der Waals surface area (Å²) in [5.41, 5.74) is 1.03. The van der Waals surface area contributed by atoms with E-state index in [4.69, 9.17) is 5.11 Å². The number of aliphatic hydroxyl groups excluding tert-OH is 1. The van der Waals surface area contributed by atoms with E-state index in [9.17, 15) is 0 Å². The third kappa shape index (κ3) is 2.97. The summed E-state index contributed by atoms with van der Waals surface area (Å²) in [6.45, 7) is 2.09. The molecule has 4 nitrogen and oxygen atoms in total. The number of aryl methyl sites for hydroxylation is 1. The van der Waals surface area contributed by atoms with E-state index in [0.29, 0.717) is 6.42 Å². The monoisotopic (exact) mass is 259 g/mol. The van der Waals surface area contributed by atoms with Crippen molar-refractivity contribution in [3.63, 3.8) is 0 Å². The summed E-state index contributed by atoms with van der Waals surface area (Å²) >= 11 is 4.64. The highest BCUT2D eigenvalue weighted by Gasteiger charge is 2.07. The Morgan fingerprint density at radius 2 is 2.27 bits per heavy atom. The third-order valence-corrected chi connectivity index (χ3v) is 4.64. The minimum atomic E-state index is 0.121. The highest BCUT2D eigenvalue weighted by molar-refractivity contribution is 8.02. The lowest BCUT2D eigenvalue weighted by molar-refractivity contribution is 0.299. The van der Waals surface area contributed by atoms with Crippen molar-refractivity contribution in [1.29, 1.82) is 0 Å². The second-order valence-electron chi connectivity index (χ2n) is 2.79. The second-order valence-corrected chi connectivity index (χ2v) is 6.21. The third-order valence-electron chi connectivity index (χ3n) is 1.55. The number of hydrogen-bond donors (Lipinski definition) is 1. The van der Waals surface area contributed by atoms with Crippen LogP contribution in [0.2, 0.25) is 0 Å². The molecule has 7 heteroatoms. The zero-order valence-corrected chi connectivity index (χ0v) is 10.5. The highest BCUT2D eigenvalue weighted by atomic mass is 32.2. The van der Waals surface area contributed by atoms with Crippen LogP contribution >= 0.6 is 34.4 Å². The Labute approximate surface area is 99.4 Å².